The number of hydrogen-bond donors (Lipinski definition) is 1. The van der Waals surface area contributed by atoms with Crippen molar-refractivity contribution >= 4 is 0 Å². The van der Waals surface area contributed by atoms with E-state index in [0.717, 1.165) is 18.5 Å². The predicted octanol–water partition coefficient (Wildman–Crippen LogP) is 0.756. The van der Waals surface area contributed by atoms with Gasteiger partial charge in [0.2, 0.25) is 0 Å². The van der Waals surface area contributed by atoms with Gasteiger partial charge in [-0.05, 0) is 19.8 Å². The maximum atomic E-state index is 5.59. The number of hydrogen-bond acceptors (Lipinski definition) is 3. The van der Waals surface area contributed by atoms with Gasteiger partial charge in [-0.15, -0.1) is 0 Å². The third-order valence-corrected chi connectivity index (χ3v) is 1.47. The third-order valence-electron chi connectivity index (χ3n) is 1.47. The molecule has 0 spiro atoms. The summed E-state index contributed by atoms with van der Waals surface area (Å²) in [5.41, 5.74) is 6.61. The van der Waals surface area contributed by atoms with Crippen LogP contribution in [0.2, 0.25) is 0 Å². The first-order valence-electron chi connectivity index (χ1n) is 3.79. The Bertz CT molecular complexity index is 196. The summed E-state index contributed by atoms with van der Waals surface area (Å²) in [4.78, 5) is 8.09. The van der Waals surface area contributed by atoms with Crippen LogP contribution in [0.25, 0.3) is 0 Å². The van der Waals surface area contributed by atoms with Crippen LogP contribution in [0.3, 0.4) is 0 Å². The average molecular weight is 151 g/mol. The van der Waals surface area contributed by atoms with Crippen LogP contribution in [0, 0.1) is 0 Å². The lowest BCUT2D eigenvalue weighted by Gasteiger charge is -2.02. The van der Waals surface area contributed by atoms with E-state index in [-0.39, 0.29) is 6.04 Å². The lowest BCUT2D eigenvalue weighted by Crippen LogP contribution is -2.15. The second-order valence-corrected chi connectivity index (χ2v) is 2.71. The van der Waals surface area contributed by atoms with Crippen molar-refractivity contribution in [2.24, 2.45) is 5.73 Å². The van der Waals surface area contributed by atoms with E-state index in [9.17, 15) is 0 Å². The summed E-state index contributed by atoms with van der Waals surface area (Å²) in [6.45, 7) is 2.00. The van der Waals surface area contributed by atoms with Gasteiger partial charge in [-0.3, -0.25) is 9.97 Å². The molecule has 0 radical (unpaired) electrons. The van der Waals surface area contributed by atoms with Gasteiger partial charge in [0.1, 0.15) is 0 Å². The monoisotopic (exact) mass is 151 g/mol. The van der Waals surface area contributed by atoms with Crippen molar-refractivity contribution in [2.45, 2.75) is 25.8 Å². The first kappa shape index (κ1) is 8.14. The number of aryl methyl sites for hydroxylation is 1. The molecule has 1 atom stereocenters. The molecule has 0 saturated heterocycles. The zero-order valence-corrected chi connectivity index (χ0v) is 6.70. The van der Waals surface area contributed by atoms with Gasteiger partial charge in [-0.1, -0.05) is 0 Å². The normalized spacial score (nSPS) is 12.9. The summed E-state index contributed by atoms with van der Waals surface area (Å²) in [5, 5.41) is 0. The first-order chi connectivity index (χ1) is 5.29. The van der Waals surface area contributed by atoms with E-state index in [1.807, 2.05) is 6.92 Å². The maximum absolute atomic E-state index is 5.59. The Kier molecular flexibility index (Phi) is 2.98. The molecular weight excluding hydrogens is 138 g/mol. The van der Waals surface area contributed by atoms with Crippen molar-refractivity contribution in [1.29, 1.82) is 0 Å². The van der Waals surface area contributed by atoms with Gasteiger partial charge in [-0.25, -0.2) is 0 Å². The fraction of sp³-hybridized carbons (Fsp3) is 0.500. The van der Waals surface area contributed by atoms with Crippen molar-refractivity contribution in [3.8, 4) is 0 Å². The van der Waals surface area contributed by atoms with E-state index in [4.69, 9.17) is 5.73 Å². The number of rotatable bonds is 3. The Morgan fingerprint density at radius 3 is 2.91 bits per heavy atom. The molecule has 0 aromatic carbocycles. The highest BCUT2D eigenvalue weighted by atomic mass is 14.8. The van der Waals surface area contributed by atoms with Gasteiger partial charge < -0.3 is 5.73 Å². The Balaban J connectivity index is 2.39. The molecule has 3 heteroatoms. The Hall–Kier alpha value is -0.960. The van der Waals surface area contributed by atoms with E-state index in [2.05, 4.69) is 9.97 Å². The van der Waals surface area contributed by atoms with E-state index in [1.54, 1.807) is 18.6 Å². The molecule has 3 nitrogen and oxygen atoms in total. The summed E-state index contributed by atoms with van der Waals surface area (Å²) in [6, 6.07) is 0.247. The van der Waals surface area contributed by atoms with Crippen molar-refractivity contribution in [3.05, 3.63) is 24.3 Å². The van der Waals surface area contributed by atoms with Crippen LogP contribution in [0.5, 0.6) is 0 Å². The zero-order valence-electron chi connectivity index (χ0n) is 6.70. The highest BCUT2D eigenvalue weighted by Crippen LogP contribution is 1.97. The summed E-state index contributed by atoms with van der Waals surface area (Å²) in [7, 11) is 0. The molecular formula is C8H13N3. The summed E-state index contributed by atoms with van der Waals surface area (Å²) in [6.07, 6.45) is 7.05. The van der Waals surface area contributed by atoms with Gasteiger partial charge in [0.05, 0.1) is 5.69 Å². The molecule has 1 aromatic rings. The van der Waals surface area contributed by atoms with Crippen molar-refractivity contribution in [2.75, 3.05) is 0 Å². The zero-order chi connectivity index (χ0) is 8.10. The van der Waals surface area contributed by atoms with Crippen molar-refractivity contribution in [3.63, 3.8) is 0 Å². The standard InChI is InChI=1S/C8H13N3/c1-7(9)2-3-8-6-10-4-5-11-8/h4-7H,2-3,9H2,1H3. The molecule has 0 aliphatic carbocycles. The minimum absolute atomic E-state index is 0.247. The molecule has 1 aromatic heterocycles. The molecule has 2 N–H and O–H groups in total. The molecule has 0 saturated carbocycles. The van der Waals surface area contributed by atoms with Gasteiger partial charge in [0, 0.05) is 24.6 Å². The van der Waals surface area contributed by atoms with Gasteiger partial charge in [0.15, 0.2) is 0 Å². The van der Waals surface area contributed by atoms with Gasteiger partial charge in [-0.2, -0.15) is 0 Å². The lowest BCUT2D eigenvalue weighted by atomic mass is 10.1. The molecule has 0 aliphatic heterocycles. The highest BCUT2D eigenvalue weighted by Gasteiger charge is 1.96. The molecule has 0 fully saturated rings. The minimum Gasteiger partial charge on any atom is -0.328 e. The molecule has 0 bridgehead atoms. The molecule has 1 rings (SSSR count). The fourth-order valence-corrected chi connectivity index (χ4v) is 0.835. The van der Waals surface area contributed by atoms with Crippen LogP contribution in [-0.4, -0.2) is 16.0 Å². The Morgan fingerprint density at radius 2 is 2.36 bits per heavy atom. The first-order valence-corrected chi connectivity index (χ1v) is 3.79. The van der Waals surface area contributed by atoms with Crippen LogP contribution in [-0.2, 0) is 6.42 Å². The quantitative estimate of drug-likeness (QED) is 0.693. The topological polar surface area (TPSA) is 51.8 Å². The number of nitrogens with zero attached hydrogens (tertiary/aromatic N) is 2. The molecule has 1 heterocycles. The third kappa shape index (κ3) is 3.09. The molecule has 1 unspecified atom stereocenters. The molecule has 11 heavy (non-hydrogen) atoms. The predicted molar refractivity (Wildman–Crippen MR) is 44.0 cm³/mol. The minimum atomic E-state index is 0.247. The Morgan fingerprint density at radius 1 is 1.55 bits per heavy atom. The Labute approximate surface area is 66.7 Å². The van der Waals surface area contributed by atoms with Gasteiger partial charge >= 0.3 is 0 Å². The largest absolute Gasteiger partial charge is 0.328 e. The van der Waals surface area contributed by atoms with Crippen molar-refractivity contribution < 1.29 is 0 Å². The number of nitrogens with two attached hydrogens (primary N) is 1. The van der Waals surface area contributed by atoms with Gasteiger partial charge in [0.25, 0.3) is 0 Å². The lowest BCUT2D eigenvalue weighted by molar-refractivity contribution is 0.656. The van der Waals surface area contributed by atoms with E-state index >= 15 is 0 Å². The van der Waals surface area contributed by atoms with Crippen LogP contribution in [0.4, 0.5) is 0 Å². The highest BCUT2D eigenvalue weighted by molar-refractivity contribution is 4.94. The van der Waals surface area contributed by atoms with Crippen LogP contribution < -0.4 is 5.73 Å². The van der Waals surface area contributed by atoms with E-state index < -0.39 is 0 Å². The number of aromatic nitrogens is 2. The molecule has 60 valence electrons. The molecule has 0 aliphatic rings. The summed E-state index contributed by atoms with van der Waals surface area (Å²) in [5.74, 6) is 0. The van der Waals surface area contributed by atoms with Crippen LogP contribution >= 0.6 is 0 Å². The van der Waals surface area contributed by atoms with Crippen molar-refractivity contribution in [1.82, 2.24) is 9.97 Å². The van der Waals surface area contributed by atoms with Crippen LogP contribution in [0.1, 0.15) is 19.0 Å². The second kappa shape index (κ2) is 4.03. The van der Waals surface area contributed by atoms with Crippen LogP contribution in [0.15, 0.2) is 18.6 Å². The molecule has 0 amide bonds. The van der Waals surface area contributed by atoms with E-state index in [1.165, 1.54) is 0 Å². The SMILES string of the molecule is CC(N)CCc1cnccn1. The summed E-state index contributed by atoms with van der Waals surface area (Å²) >= 11 is 0. The fourth-order valence-electron chi connectivity index (χ4n) is 0.835. The smallest absolute Gasteiger partial charge is 0.0587 e. The average Bonchev–Trinajstić information content (AvgIpc) is 2.03. The summed E-state index contributed by atoms with van der Waals surface area (Å²) < 4.78 is 0. The maximum Gasteiger partial charge on any atom is 0.0587 e. The van der Waals surface area contributed by atoms with E-state index in [0.29, 0.717) is 0 Å². The second-order valence-electron chi connectivity index (χ2n) is 2.71.